The Morgan fingerprint density at radius 3 is 1.80 bits per heavy atom. The number of hydrogen-bond acceptors (Lipinski definition) is 22. The fraction of sp³-hybridized carbons (Fsp3) is 0.409. The zero-order valence-corrected chi connectivity index (χ0v) is 25.4. The van der Waals surface area contributed by atoms with E-state index in [9.17, 15) is 18.6 Å². The molecule has 0 fully saturated rings. The van der Waals surface area contributed by atoms with Crippen molar-refractivity contribution in [3.63, 3.8) is 0 Å². The van der Waals surface area contributed by atoms with E-state index in [-0.39, 0.29) is 61.1 Å². The Kier molecular flexibility index (Phi) is 14.8. The van der Waals surface area contributed by atoms with Crippen molar-refractivity contribution in [2.75, 3.05) is 70.9 Å². The fourth-order valence-corrected chi connectivity index (χ4v) is 3.67. The van der Waals surface area contributed by atoms with Gasteiger partial charge in [-0.2, -0.15) is 38.3 Å². The Balaban J connectivity index is 1.74. The maximum absolute atomic E-state index is 11.0. The molecule has 0 radical (unpaired) electrons. The number of aromatic nitrogens is 6. The number of aliphatic hydroxyl groups excluding tert-OH is 4. The van der Waals surface area contributed by atoms with Crippen LogP contribution in [-0.4, -0.2) is 131 Å². The van der Waals surface area contributed by atoms with Crippen LogP contribution in [0.2, 0.25) is 0 Å². The van der Waals surface area contributed by atoms with Crippen molar-refractivity contribution in [2.24, 2.45) is 4.99 Å². The lowest BCUT2D eigenvalue weighted by atomic mass is 10.3. The van der Waals surface area contributed by atoms with Gasteiger partial charge in [-0.3, -0.25) is 4.55 Å². The largest absolute Gasteiger partial charge is 0.394 e. The number of aliphatic hydroxyl groups is 4. The molecule has 2 aromatic heterocycles. The molecule has 46 heavy (non-hydrogen) atoms. The fourth-order valence-electron chi connectivity index (χ4n) is 3.08. The quantitative estimate of drug-likeness (QED) is 0.0162. The Labute approximate surface area is 265 Å². The molecule has 11 N–H and O–H groups in total. The first-order chi connectivity index (χ1) is 22.1. The molecule has 252 valence electrons. The molecule has 2 atom stereocenters. The van der Waals surface area contributed by atoms with Crippen LogP contribution in [-0.2, 0) is 19.5 Å². The molecule has 0 saturated carbocycles. The minimum Gasteiger partial charge on any atom is -0.394 e. The second kappa shape index (κ2) is 18.8. The van der Waals surface area contributed by atoms with Gasteiger partial charge in [0, 0.05) is 49.3 Å². The van der Waals surface area contributed by atoms with E-state index in [1.807, 2.05) is 0 Å². The maximum Gasteiger partial charge on any atom is 0.266 e. The molecule has 1 aromatic carbocycles. The first-order valence-corrected chi connectivity index (χ1v) is 15.6. The number of hydrogen-bond donors (Lipinski definition) is 11. The van der Waals surface area contributed by atoms with Crippen LogP contribution in [0.15, 0.2) is 29.3 Å². The molecule has 3 aromatic rings. The molecular weight excluding hydrogens is 656 g/mol. The third kappa shape index (κ3) is 13.9. The SMILES string of the molecule is O=S(=O)(O)CCNc1nc(NCC(O)CO)nc(Nc2ccc(Nc3nc(/N=C\CSOOO)nc(NCC(O)CO)n3)cc2)n1. The lowest BCUT2D eigenvalue weighted by molar-refractivity contribution is -0.432. The van der Waals surface area contributed by atoms with Gasteiger partial charge in [0.2, 0.25) is 29.7 Å². The highest BCUT2D eigenvalue weighted by atomic mass is 32.2. The minimum atomic E-state index is -4.23. The van der Waals surface area contributed by atoms with Crippen molar-refractivity contribution in [3.05, 3.63) is 24.3 Å². The van der Waals surface area contributed by atoms with Gasteiger partial charge in [0.05, 0.1) is 36.9 Å². The number of nitrogens with one attached hydrogen (secondary N) is 5. The van der Waals surface area contributed by atoms with Gasteiger partial charge in [0.1, 0.15) is 0 Å². The van der Waals surface area contributed by atoms with Gasteiger partial charge in [0.15, 0.2) is 0 Å². The van der Waals surface area contributed by atoms with Crippen LogP contribution in [0.1, 0.15) is 0 Å². The molecule has 0 bridgehead atoms. The summed E-state index contributed by atoms with van der Waals surface area (Å²) in [4.78, 5) is 29.2. The summed E-state index contributed by atoms with van der Waals surface area (Å²) in [5.74, 6) is -0.244. The van der Waals surface area contributed by atoms with Crippen LogP contribution in [0.4, 0.5) is 47.1 Å². The lowest BCUT2D eigenvalue weighted by Crippen LogP contribution is -2.24. The first kappa shape index (κ1) is 36.4. The monoisotopic (exact) mass is 688 g/mol. The summed E-state index contributed by atoms with van der Waals surface area (Å²) in [6.45, 7) is -1.30. The van der Waals surface area contributed by atoms with Gasteiger partial charge >= 0.3 is 0 Å². The molecule has 22 nitrogen and oxygen atoms in total. The third-order valence-corrected chi connectivity index (χ3v) is 6.30. The van der Waals surface area contributed by atoms with E-state index in [0.717, 1.165) is 12.0 Å². The topological polar surface area (TPSA) is 324 Å². The molecule has 2 heterocycles. The Morgan fingerprint density at radius 1 is 0.804 bits per heavy atom. The molecule has 0 aliphatic heterocycles. The van der Waals surface area contributed by atoms with Gasteiger partial charge in [-0.05, 0) is 24.3 Å². The predicted molar refractivity (Wildman–Crippen MR) is 166 cm³/mol. The van der Waals surface area contributed by atoms with Crippen molar-refractivity contribution in [2.45, 2.75) is 12.2 Å². The molecule has 0 amide bonds. The summed E-state index contributed by atoms with van der Waals surface area (Å²) in [6, 6.07) is 6.67. The van der Waals surface area contributed by atoms with E-state index in [1.165, 1.54) is 6.21 Å². The standard InChI is InChI=1S/C22H32N12O10S2/c35-11-15(37)9-25-19-29-17(23-5-7-45-44-43-39)31-21(33-19)27-13-1-3-14(4-2-13)28-22-32-18(24-6-8-46(40,41)42)30-20(34-22)26-10-16(38)12-36/h1-5,15-16,35-39H,6-12H2,(H,40,41,42)(H2,25,27,29,31,33)(H3,24,26,28,30,32,34)/b23-5-. The zero-order chi connectivity index (χ0) is 33.4. The van der Waals surface area contributed by atoms with E-state index in [2.05, 4.69) is 70.9 Å². The third-order valence-electron chi connectivity index (χ3n) is 5.14. The second-order valence-corrected chi connectivity index (χ2v) is 11.1. The summed E-state index contributed by atoms with van der Waals surface area (Å²) < 4.78 is 35.3. The van der Waals surface area contributed by atoms with Crippen molar-refractivity contribution in [1.82, 2.24) is 29.9 Å². The molecule has 3 rings (SSSR count). The molecule has 2 unspecified atom stereocenters. The van der Waals surface area contributed by atoms with Gasteiger partial charge in [-0.15, -0.1) is 4.33 Å². The van der Waals surface area contributed by atoms with Gasteiger partial charge in [0.25, 0.3) is 16.1 Å². The van der Waals surface area contributed by atoms with Gasteiger partial charge in [-0.25, -0.2) is 10.2 Å². The molecule has 0 aliphatic carbocycles. The molecule has 0 aliphatic rings. The van der Waals surface area contributed by atoms with Gasteiger partial charge in [-0.1, -0.05) is 5.04 Å². The number of nitrogens with zero attached hydrogens (tertiary/aromatic N) is 7. The summed E-state index contributed by atoms with van der Waals surface area (Å²) in [7, 11) is -4.23. The average Bonchev–Trinajstić information content (AvgIpc) is 3.02. The van der Waals surface area contributed by atoms with Crippen LogP contribution in [0.5, 0.6) is 0 Å². The lowest BCUT2D eigenvalue weighted by Gasteiger charge is -2.13. The van der Waals surface area contributed by atoms with E-state index < -0.39 is 41.3 Å². The predicted octanol–water partition coefficient (Wildman–Crippen LogP) is -0.855. The Morgan fingerprint density at radius 2 is 1.28 bits per heavy atom. The zero-order valence-electron chi connectivity index (χ0n) is 23.8. The molecular formula is C22H32N12O10S2. The van der Waals surface area contributed by atoms with E-state index in [1.54, 1.807) is 24.3 Å². The van der Waals surface area contributed by atoms with Crippen LogP contribution in [0, 0.1) is 0 Å². The van der Waals surface area contributed by atoms with Crippen LogP contribution in [0.25, 0.3) is 0 Å². The van der Waals surface area contributed by atoms with Crippen LogP contribution < -0.4 is 26.6 Å². The number of benzene rings is 1. The van der Waals surface area contributed by atoms with Gasteiger partial charge < -0.3 is 47.0 Å². The highest BCUT2D eigenvalue weighted by Crippen LogP contribution is 2.21. The van der Waals surface area contributed by atoms with E-state index >= 15 is 0 Å². The summed E-state index contributed by atoms with van der Waals surface area (Å²) in [6.07, 6.45) is -0.753. The van der Waals surface area contributed by atoms with Crippen LogP contribution >= 0.6 is 12.0 Å². The maximum atomic E-state index is 11.0. The van der Waals surface area contributed by atoms with Crippen molar-refractivity contribution >= 4 is 75.4 Å². The van der Waals surface area contributed by atoms with E-state index in [0.29, 0.717) is 11.4 Å². The summed E-state index contributed by atoms with van der Waals surface area (Å²) in [5, 5.41) is 63.3. The number of rotatable bonds is 21. The Bertz CT molecular complexity index is 1510. The highest BCUT2D eigenvalue weighted by molar-refractivity contribution is 7.95. The second-order valence-electron chi connectivity index (χ2n) is 8.80. The Hall–Kier alpha value is -4.11. The van der Waals surface area contributed by atoms with Crippen molar-refractivity contribution in [3.8, 4) is 0 Å². The number of anilines is 7. The molecule has 24 heteroatoms. The normalized spacial score (nSPS) is 12.9. The first-order valence-electron chi connectivity index (χ1n) is 13.1. The summed E-state index contributed by atoms with van der Waals surface area (Å²) in [5.41, 5.74) is 1.07. The van der Waals surface area contributed by atoms with Crippen molar-refractivity contribution < 1.29 is 48.0 Å². The summed E-state index contributed by atoms with van der Waals surface area (Å²) >= 11 is 0.752. The minimum absolute atomic E-state index is 0.00551. The molecule has 0 spiro atoms. The smallest absolute Gasteiger partial charge is 0.266 e. The molecule has 0 saturated heterocycles. The highest BCUT2D eigenvalue weighted by Gasteiger charge is 2.12. The average molecular weight is 689 g/mol. The number of aliphatic imine (C=N–C) groups is 1. The van der Waals surface area contributed by atoms with E-state index in [4.69, 9.17) is 20.0 Å². The van der Waals surface area contributed by atoms with Crippen LogP contribution in [0.3, 0.4) is 0 Å². The van der Waals surface area contributed by atoms with Crippen molar-refractivity contribution in [1.29, 1.82) is 0 Å².